The van der Waals surface area contributed by atoms with Crippen LogP contribution in [-0.4, -0.2) is 17.0 Å². The molecular weight excluding hydrogens is 438 g/mol. The molecule has 3 fully saturated rings. The second-order valence-electron chi connectivity index (χ2n) is 11.3. The van der Waals surface area contributed by atoms with Crippen LogP contribution in [-0.2, 0) is 14.4 Å². The molecule has 4 aliphatic rings. The summed E-state index contributed by atoms with van der Waals surface area (Å²) in [6.07, 6.45) is 23.6. The van der Waals surface area contributed by atoms with Crippen LogP contribution in [0.15, 0.2) is 21.3 Å². The second-order valence-corrected chi connectivity index (χ2v) is 15.3. The van der Waals surface area contributed by atoms with Crippen LogP contribution in [0.3, 0.4) is 0 Å². The molecule has 0 nitrogen and oxygen atoms in total. The van der Waals surface area contributed by atoms with E-state index in [1.165, 1.54) is 53.0 Å². The first-order chi connectivity index (χ1) is 14.9. The van der Waals surface area contributed by atoms with Gasteiger partial charge in [0.2, 0.25) is 0 Å². The number of allylic oxidation sites excluding steroid dienone is 4. The van der Waals surface area contributed by atoms with Crippen molar-refractivity contribution in [3.8, 4) is 0 Å². The fourth-order valence-corrected chi connectivity index (χ4v) is 12.9. The quantitative estimate of drug-likeness (QED) is 0.272. The van der Waals surface area contributed by atoms with Crippen LogP contribution >= 0.6 is 7.92 Å². The molecule has 4 aliphatic carbocycles. The summed E-state index contributed by atoms with van der Waals surface area (Å²) in [5, 5.41) is 0. The molecule has 0 N–H and O–H groups in total. The summed E-state index contributed by atoms with van der Waals surface area (Å²) >= 11 is 1.72. The van der Waals surface area contributed by atoms with E-state index in [1.54, 1.807) is 96.0 Å². The molecule has 0 unspecified atom stereocenters. The molecule has 0 aromatic heterocycles. The summed E-state index contributed by atoms with van der Waals surface area (Å²) in [6, 6.07) is 0. The van der Waals surface area contributed by atoms with Gasteiger partial charge >= 0.3 is 81.6 Å². The van der Waals surface area contributed by atoms with Gasteiger partial charge in [0.15, 0.2) is 0 Å². The van der Waals surface area contributed by atoms with E-state index in [0.29, 0.717) is 13.3 Å². The van der Waals surface area contributed by atoms with Crippen molar-refractivity contribution in [1.82, 2.24) is 0 Å². The number of hydrogen-bond donors (Lipinski definition) is 0. The van der Waals surface area contributed by atoms with E-state index < -0.39 is 0 Å². The van der Waals surface area contributed by atoms with Gasteiger partial charge in [-0.3, -0.25) is 0 Å². The SMILES string of the molecule is C1CCC(P(C2CCCCC2)C2CCCCC2)CC1.[CH3][Ni][C]1=C(C)C(C)=C(C)C1(C)C. The van der Waals surface area contributed by atoms with Gasteiger partial charge in [0, 0.05) is 0 Å². The maximum atomic E-state index is 2.32. The molecule has 182 valence electrons. The predicted octanol–water partition coefficient (Wildman–Crippen LogP) is 10.2. The maximum absolute atomic E-state index is 2.32. The Morgan fingerprint density at radius 2 is 0.968 bits per heavy atom. The van der Waals surface area contributed by atoms with Gasteiger partial charge in [-0.15, -0.1) is 0 Å². The predicted molar refractivity (Wildman–Crippen MR) is 138 cm³/mol. The van der Waals surface area contributed by atoms with E-state index in [-0.39, 0.29) is 0 Å². The first kappa shape index (κ1) is 26.0. The van der Waals surface area contributed by atoms with Crippen molar-refractivity contribution in [2.45, 2.75) is 154 Å². The summed E-state index contributed by atoms with van der Waals surface area (Å²) < 4.78 is 1.56. The second kappa shape index (κ2) is 12.2. The van der Waals surface area contributed by atoms with E-state index >= 15 is 0 Å². The molecule has 0 saturated heterocycles. The molecule has 0 aromatic carbocycles. The molecular formula is C29H51NiP. The minimum absolute atomic E-state index is 0.295. The van der Waals surface area contributed by atoms with Gasteiger partial charge in [-0.05, 0) is 55.5 Å². The molecule has 0 radical (unpaired) electrons. The molecule has 0 aromatic rings. The fraction of sp³-hybridized carbons (Fsp3) is 0.862. The van der Waals surface area contributed by atoms with Gasteiger partial charge in [-0.2, -0.15) is 0 Å². The van der Waals surface area contributed by atoms with E-state index in [1.807, 2.05) is 0 Å². The average molecular weight is 489 g/mol. The van der Waals surface area contributed by atoms with Gasteiger partial charge in [-0.25, -0.2) is 0 Å². The van der Waals surface area contributed by atoms with Gasteiger partial charge < -0.3 is 0 Å². The average Bonchev–Trinajstić information content (AvgIpc) is 2.95. The zero-order valence-electron chi connectivity index (χ0n) is 21.6. The van der Waals surface area contributed by atoms with E-state index in [4.69, 9.17) is 0 Å². The molecule has 0 atom stereocenters. The zero-order chi connectivity index (χ0) is 22.4. The van der Waals surface area contributed by atoms with Crippen molar-refractivity contribution in [2.24, 2.45) is 5.41 Å². The van der Waals surface area contributed by atoms with Crippen molar-refractivity contribution in [1.29, 1.82) is 0 Å². The molecule has 0 amide bonds. The van der Waals surface area contributed by atoms with Crippen LogP contribution in [0.25, 0.3) is 0 Å². The van der Waals surface area contributed by atoms with Crippen molar-refractivity contribution < 1.29 is 14.4 Å². The van der Waals surface area contributed by atoms with Crippen LogP contribution < -0.4 is 0 Å². The molecule has 0 bridgehead atoms. The summed E-state index contributed by atoms with van der Waals surface area (Å²) in [5.41, 5.74) is 8.40. The Bertz CT molecular complexity index is 582. The Morgan fingerprint density at radius 3 is 1.19 bits per heavy atom. The summed E-state index contributed by atoms with van der Waals surface area (Å²) in [6.45, 7) is 11.4. The van der Waals surface area contributed by atoms with Crippen LogP contribution in [0, 0.1) is 5.41 Å². The minimum atomic E-state index is 0.295. The Morgan fingerprint density at radius 1 is 0.613 bits per heavy atom. The van der Waals surface area contributed by atoms with E-state index in [2.05, 4.69) is 40.5 Å². The summed E-state index contributed by atoms with van der Waals surface area (Å²) in [4.78, 5) is 0. The summed E-state index contributed by atoms with van der Waals surface area (Å²) in [7, 11) is 0.385. The molecule has 4 rings (SSSR count). The van der Waals surface area contributed by atoms with Gasteiger partial charge in [-0.1, -0.05) is 65.7 Å². The fourth-order valence-electron chi connectivity index (χ4n) is 6.87. The number of hydrogen-bond acceptors (Lipinski definition) is 0. The van der Waals surface area contributed by atoms with Gasteiger partial charge in [0.1, 0.15) is 0 Å². The van der Waals surface area contributed by atoms with Crippen molar-refractivity contribution >= 4 is 7.92 Å². The third kappa shape index (κ3) is 6.30. The Labute approximate surface area is 202 Å². The normalized spacial score (nSPS) is 26.5. The van der Waals surface area contributed by atoms with Crippen LogP contribution in [0.5, 0.6) is 0 Å². The Balaban J connectivity index is 0.000000196. The van der Waals surface area contributed by atoms with Crippen LogP contribution in [0.1, 0.15) is 131 Å². The van der Waals surface area contributed by atoms with E-state index in [0.717, 1.165) is 0 Å². The first-order valence-electron chi connectivity index (χ1n) is 13.4. The third-order valence-electron chi connectivity index (χ3n) is 9.03. The van der Waals surface area contributed by atoms with Crippen molar-refractivity contribution in [3.05, 3.63) is 21.3 Å². The molecule has 0 aliphatic heterocycles. The Hall–Kier alpha value is 0.404. The molecule has 0 heterocycles. The molecule has 3 saturated carbocycles. The topological polar surface area (TPSA) is 0 Å². The van der Waals surface area contributed by atoms with Gasteiger partial charge in [0.05, 0.1) is 0 Å². The zero-order valence-corrected chi connectivity index (χ0v) is 23.5. The first-order valence-corrected chi connectivity index (χ1v) is 16.5. The number of rotatable bonds is 4. The molecule has 0 spiro atoms. The molecule has 31 heavy (non-hydrogen) atoms. The standard InChI is InChI=1S/C18H33P.C10H15.CH3.Ni/c1-4-10-16(11-5-1)19(17-12-6-2-7-13-17)18-14-8-3-9-15-18;1-7-6-10(4,5)9(3)8(7)2;;/h16-18H,1-15H2;1-5H3;1H3;. The van der Waals surface area contributed by atoms with E-state index in [9.17, 15) is 0 Å². The van der Waals surface area contributed by atoms with Crippen LogP contribution in [0.4, 0.5) is 0 Å². The molecule has 2 heteroatoms. The monoisotopic (exact) mass is 488 g/mol. The van der Waals surface area contributed by atoms with Gasteiger partial charge in [0.25, 0.3) is 0 Å². The third-order valence-corrected chi connectivity index (χ3v) is 14.6. The van der Waals surface area contributed by atoms with Crippen molar-refractivity contribution in [2.75, 3.05) is 0 Å². The van der Waals surface area contributed by atoms with Crippen LogP contribution in [0.2, 0.25) is 5.89 Å². The Kier molecular flexibility index (Phi) is 10.2. The summed E-state index contributed by atoms with van der Waals surface area (Å²) in [5.74, 6) is 2.19. The van der Waals surface area contributed by atoms with Crippen molar-refractivity contribution in [3.63, 3.8) is 0 Å².